The molecule has 0 saturated heterocycles. The monoisotopic (exact) mass is 158 g/mol. The van der Waals surface area contributed by atoms with Crippen molar-refractivity contribution in [3.63, 3.8) is 0 Å². The molecule has 1 unspecified atom stereocenters. The third-order valence-electron chi connectivity index (χ3n) is 2.00. The first-order valence-electron chi connectivity index (χ1n) is 3.94. The number of dihydropyridines is 1. The van der Waals surface area contributed by atoms with Gasteiger partial charge in [-0.25, -0.2) is 0 Å². The molecule has 2 rings (SSSR count). The third kappa shape index (κ3) is 1.11. The maximum absolute atomic E-state index is 7.08. The van der Waals surface area contributed by atoms with E-state index < -0.39 is 0 Å². The van der Waals surface area contributed by atoms with Gasteiger partial charge in [-0.15, -0.1) is 0 Å². The van der Waals surface area contributed by atoms with Crippen LogP contribution in [0.5, 0.6) is 0 Å². The molecular weight excluding hydrogens is 148 g/mol. The first kappa shape index (κ1) is 7.10. The lowest BCUT2D eigenvalue weighted by Crippen LogP contribution is -2.31. The Balaban J connectivity index is 2.31. The number of nitrogens with one attached hydrogen (secondary N) is 2. The summed E-state index contributed by atoms with van der Waals surface area (Å²) >= 11 is 0. The van der Waals surface area contributed by atoms with E-state index >= 15 is 0 Å². The van der Waals surface area contributed by atoms with Crippen molar-refractivity contribution in [2.75, 3.05) is 0 Å². The number of fused-ring (bicyclic) bond motifs is 1. The van der Waals surface area contributed by atoms with Gasteiger partial charge >= 0.3 is 0 Å². The molecule has 0 aromatic rings. The second kappa shape index (κ2) is 2.81. The lowest BCUT2D eigenvalue weighted by atomic mass is 9.99. The van der Waals surface area contributed by atoms with Gasteiger partial charge < -0.3 is 10.7 Å². The van der Waals surface area contributed by atoms with Gasteiger partial charge in [0.2, 0.25) is 0 Å². The van der Waals surface area contributed by atoms with Crippen molar-refractivity contribution in [1.29, 1.82) is 5.41 Å². The highest BCUT2D eigenvalue weighted by atomic mass is 14.9. The number of allylic oxidation sites excluding steroid dienone is 5. The van der Waals surface area contributed by atoms with Crippen molar-refractivity contribution in [3.8, 4) is 0 Å². The lowest BCUT2D eigenvalue weighted by Gasteiger charge is -2.22. The van der Waals surface area contributed by atoms with Gasteiger partial charge in [0, 0.05) is 6.21 Å². The molecule has 1 aliphatic carbocycles. The van der Waals surface area contributed by atoms with Crippen LogP contribution in [-0.4, -0.2) is 12.3 Å². The van der Waals surface area contributed by atoms with E-state index in [1.54, 1.807) is 0 Å². The van der Waals surface area contributed by atoms with Gasteiger partial charge in [-0.3, -0.25) is 0 Å². The Kier molecular flexibility index (Phi) is 1.67. The minimum absolute atomic E-state index is 0.261. The number of hydrogen-bond acceptors (Lipinski definition) is 2. The smallest absolute Gasteiger partial charge is 0.0701 e. The molecule has 60 valence electrons. The Labute approximate surface area is 71.5 Å². The zero-order valence-corrected chi connectivity index (χ0v) is 6.62. The highest BCUT2D eigenvalue weighted by Gasteiger charge is 2.13. The van der Waals surface area contributed by atoms with E-state index in [0.717, 1.165) is 5.70 Å². The normalized spacial score (nSPS) is 25.2. The predicted octanol–water partition coefficient (Wildman–Crippen LogP) is 1.54. The fourth-order valence-corrected chi connectivity index (χ4v) is 1.35. The maximum Gasteiger partial charge on any atom is 0.0701 e. The van der Waals surface area contributed by atoms with Crippen molar-refractivity contribution in [2.24, 2.45) is 0 Å². The van der Waals surface area contributed by atoms with Crippen LogP contribution in [0.4, 0.5) is 0 Å². The van der Waals surface area contributed by atoms with Gasteiger partial charge in [0.25, 0.3) is 0 Å². The molecule has 0 aromatic carbocycles. The van der Waals surface area contributed by atoms with E-state index in [0.29, 0.717) is 0 Å². The Hall–Kier alpha value is -1.57. The highest BCUT2D eigenvalue weighted by Crippen LogP contribution is 2.16. The van der Waals surface area contributed by atoms with Gasteiger partial charge in [-0.1, -0.05) is 30.4 Å². The molecule has 0 saturated carbocycles. The molecule has 1 heterocycles. The van der Waals surface area contributed by atoms with Crippen molar-refractivity contribution < 1.29 is 0 Å². The Bertz CT molecular complexity index is 319. The zero-order valence-electron chi connectivity index (χ0n) is 6.62. The molecule has 0 aromatic heterocycles. The summed E-state index contributed by atoms with van der Waals surface area (Å²) in [5, 5.41) is 10.3. The summed E-state index contributed by atoms with van der Waals surface area (Å²) in [4.78, 5) is 0. The highest BCUT2D eigenvalue weighted by molar-refractivity contribution is 5.76. The standard InChI is InChI=1S/C10H10N2/c11-7-9-6-5-8-3-1-2-4-10(8)12-9/h1-7,10-12H. The van der Waals surface area contributed by atoms with Crippen LogP contribution in [-0.2, 0) is 0 Å². The van der Waals surface area contributed by atoms with Gasteiger partial charge in [0.15, 0.2) is 0 Å². The van der Waals surface area contributed by atoms with Gasteiger partial charge in [-0.2, -0.15) is 0 Å². The summed E-state index contributed by atoms with van der Waals surface area (Å²) in [6, 6.07) is 0.261. The van der Waals surface area contributed by atoms with E-state index in [-0.39, 0.29) is 6.04 Å². The summed E-state index contributed by atoms with van der Waals surface area (Å²) in [6.45, 7) is 0. The SMILES string of the molecule is N=CC1=CC=C2C=CC=CC2N1. The van der Waals surface area contributed by atoms with Gasteiger partial charge in [0.1, 0.15) is 0 Å². The van der Waals surface area contributed by atoms with Gasteiger partial charge in [0.05, 0.1) is 11.7 Å². The van der Waals surface area contributed by atoms with E-state index in [1.807, 2.05) is 24.3 Å². The Morgan fingerprint density at radius 2 is 2.25 bits per heavy atom. The molecule has 0 amide bonds. The van der Waals surface area contributed by atoms with Crippen molar-refractivity contribution in [1.82, 2.24) is 5.32 Å². The molecule has 2 N–H and O–H groups in total. The van der Waals surface area contributed by atoms with E-state index in [2.05, 4.69) is 17.5 Å². The topological polar surface area (TPSA) is 35.9 Å². The van der Waals surface area contributed by atoms with Crippen LogP contribution in [0, 0.1) is 5.41 Å². The summed E-state index contributed by atoms with van der Waals surface area (Å²) < 4.78 is 0. The average molecular weight is 158 g/mol. The summed E-state index contributed by atoms with van der Waals surface area (Å²) in [5.41, 5.74) is 2.12. The second-order valence-electron chi connectivity index (χ2n) is 2.80. The minimum atomic E-state index is 0.261. The lowest BCUT2D eigenvalue weighted by molar-refractivity contribution is 0.775. The second-order valence-corrected chi connectivity index (χ2v) is 2.80. The van der Waals surface area contributed by atoms with Crippen molar-refractivity contribution in [2.45, 2.75) is 6.04 Å². The summed E-state index contributed by atoms with van der Waals surface area (Å²) in [7, 11) is 0. The molecule has 2 heteroatoms. The Morgan fingerprint density at radius 1 is 1.33 bits per heavy atom. The van der Waals surface area contributed by atoms with E-state index in [9.17, 15) is 0 Å². The largest absolute Gasteiger partial charge is 0.373 e. The molecule has 2 aliphatic rings. The van der Waals surface area contributed by atoms with Crippen LogP contribution in [0.2, 0.25) is 0 Å². The predicted molar refractivity (Wildman–Crippen MR) is 50.2 cm³/mol. The average Bonchev–Trinajstić information content (AvgIpc) is 2.17. The van der Waals surface area contributed by atoms with E-state index in [1.165, 1.54) is 11.8 Å². The van der Waals surface area contributed by atoms with Crippen molar-refractivity contribution >= 4 is 6.21 Å². The van der Waals surface area contributed by atoms with Crippen LogP contribution < -0.4 is 5.32 Å². The van der Waals surface area contributed by atoms with Crippen molar-refractivity contribution in [3.05, 3.63) is 47.7 Å². The molecule has 12 heavy (non-hydrogen) atoms. The van der Waals surface area contributed by atoms with Crippen LogP contribution in [0.3, 0.4) is 0 Å². The molecule has 0 radical (unpaired) electrons. The van der Waals surface area contributed by atoms with E-state index in [4.69, 9.17) is 5.41 Å². The molecule has 1 atom stereocenters. The molecule has 2 nitrogen and oxygen atoms in total. The number of hydrogen-bond donors (Lipinski definition) is 2. The van der Waals surface area contributed by atoms with Crippen LogP contribution in [0.15, 0.2) is 47.7 Å². The third-order valence-corrected chi connectivity index (χ3v) is 2.00. The molecule has 1 aliphatic heterocycles. The Morgan fingerprint density at radius 3 is 3.08 bits per heavy atom. The van der Waals surface area contributed by atoms with Crippen LogP contribution >= 0.6 is 0 Å². The minimum Gasteiger partial charge on any atom is -0.373 e. The molecular formula is C10H10N2. The van der Waals surface area contributed by atoms with Crippen LogP contribution in [0.25, 0.3) is 0 Å². The fourth-order valence-electron chi connectivity index (χ4n) is 1.35. The summed E-state index contributed by atoms with van der Waals surface area (Å²) in [6.07, 6.45) is 13.5. The first-order chi connectivity index (χ1) is 5.90. The first-order valence-corrected chi connectivity index (χ1v) is 3.94. The number of rotatable bonds is 1. The maximum atomic E-state index is 7.08. The fraction of sp³-hybridized carbons (Fsp3) is 0.100. The molecule has 0 fully saturated rings. The zero-order chi connectivity index (χ0) is 8.39. The quantitative estimate of drug-likeness (QED) is 0.558. The molecule has 0 spiro atoms. The summed E-state index contributed by atoms with van der Waals surface area (Å²) in [5.74, 6) is 0. The molecule has 0 bridgehead atoms. The van der Waals surface area contributed by atoms with Gasteiger partial charge in [-0.05, 0) is 11.6 Å². The van der Waals surface area contributed by atoms with Crippen LogP contribution in [0.1, 0.15) is 0 Å².